The predicted molar refractivity (Wildman–Crippen MR) is 46.2 cm³/mol. The summed E-state index contributed by atoms with van der Waals surface area (Å²) in [4.78, 5) is 13.0. The fourth-order valence-electron chi connectivity index (χ4n) is 1.27. The zero-order valence-corrected chi connectivity index (χ0v) is 6.93. The van der Waals surface area contributed by atoms with E-state index in [1.807, 2.05) is 11.4 Å². The molecule has 2 nitrogen and oxygen atoms in total. The highest BCUT2D eigenvalue weighted by atomic mass is 32.1. The summed E-state index contributed by atoms with van der Waals surface area (Å²) in [7, 11) is 0. The Bertz CT molecular complexity index is 255. The number of ketones is 1. The SMILES string of the molecule is O=C1CCN(c2cccs2)C1. The Labute approximate surface area is 69.4 Å². The normalized spacial score (nSPS) is 17.8. The van der Waals surface area contributed by atoms with E-state index in [1.165, 1.54) is 5.00 Å². The summed E-state index contributed by atoms with van der Waals surface area (Å²) in [6, 6.07) is 4.08. The van der Waals surface area contributed by atoms with Gasteiger partial charge < -0.3 is 4.90 Å². The van der Waals surface area contributed by atoms with E-state index in [0.717, 1.165) is 13.0 Å². The number of Topliss-reactive ketones (excluding diaryl/α,β-unsaturated/α-hetero) is 1. The first-order valence-corrected chi connectivity index (χ1v) is 4.54. The molecule has 58 valence electrons. The number of hydrogen-bond acceptors (Lipinski definition) is 3. The number of thiophene rings is 1. The second-order valence-corrected chi connectivity index (χ2v) is 3.59. The van der Waals surface area contributed by atoms with Crippen LogP contribution >= 0.6 is 11.3 Å². The molecule has 0 bridgehead atoms. The van der Waals surface area contributed by atoms with Crippen LogP contribution in [0.15, 0.2) is 17.5 Å². The Hall–Kier alpha value is -0.830. The van der Waals surface area contributed by atoms with Gasteiger partial charge in [-0.1, -0.05) is 0 Å². The van der Waals surface area contributed by atoms with E-state index in [-0.39, 0.29) is 0 Å². The summed E-state index contributed by atoms with van der Waals surface area (Å²) < 4.78 is 0. The van der Waals surface area contributed by atoms with E-state index in [0.29, 0.717) is 12.3 Å². The van der Waals surface area contributed by atoms with Crippen molar-refractivity contribution in [1.29, 1.82) is 0 Å². The lowest BCUT2D eigenvalue weighted by molar-refractivity contribution is -0.116. The fraction of sp³-hybridized carbons (Fsp3) is 0.375. The molecule has 0 aliphatic carbocycles. The first-order valence-electron chi connectivity index (χ1n) is 3.66. The van der Waals surface area contributed by atoms with Crippen molar-refractivity contribution in [3.63, 3.8) is 0 Å². The molecular weight excluding hydrogens is 158 g/mol. The quantitative estimate of drug-likeness (QED) is 0.632. The highest BCUT2D eigenvalue weighted by Gasteiger charge is 2.19. The van der Waals surface area contributed by atoms with Crippen LogP contribution in [0.5, 0.6) is 0 Å². The Balaban J connectivity index is 2.13. The lowest BCUT2D eigenvalue weighted by atomic mass is 10.4. The minimum atomic E-state index is 0.360. The van der Waals surface area contributed by atoms with E-state index >= 15 is 0 Å². The van der Waals surface area contributed by atoms with Crippen LogP contribution in [0, 0.1) is 0 Å². The molecule has 0 unspecified atom stereocenters. The number of nitrogens with zero attached hydrogens (tertiary/aromatic N) is 1. The molecular formula is C8H9NOS. The van der Waals surface area contributed by atoms with Gasteiger partial charge in [-0.3, -0.25) is 4.79 Å². The Morgan fingerprint density at radius 1 is 1.55 bits per heavy atom. The third-order valence-corrected chi connectivity index (χ3v) is 2.77. The number of carbonyl (C=O) groups excluding carboxylic acids is 1. The third kappa shape index (κ3) is 1.28. The second-order valence-electron chi connectivity index (χ2n) is 2.66. The highest BCUT2D eigenvalue weighted by molar-refractivity contribution is 7.14. The van der Waals surface area contributed by atoms with E-state index in [2.05, 4.69) is 11.0 Å². The molecule has 0 saturated carbocycles. The van der Waals surface area contributed by atoms with E-state index in [9.17, 15) is 4.79 Å². The molecule has 0 N–H and O–H groups in total. The second kappa shape index (κ2) is 2.66. The van der Waals surface area contributed by atoms with Gasteiger partial charge in [0.1, 0.15) is 0 Å². The molecule has 2 rings (SSSR count). The number of rotatable bonds is 1. The monoisotopic (exact) mass is 167 g/mol. The van der Waals surface area contributed by atoms with Crippen LogP contribution in [-0.4, -0.2) is 18.9 Å². The number of anilines is 1. The van der Waals surface area contributed by atoms with Gasteiger partial charge in [-0.05, 0) is 17.5 Å². The van der Waals surface area contributed by atoms with Crippen LogP contribution in [0.2, 0.25) is 0 Å². The number of hydrogen-bond donors (Lipinski definition) is 0. The maximum absolute atomic E-state index is 10.9. The van der Waals surface area contributed by atoms with Crippen molar-refractivity contribution < 1.29 is 4.79 Å². The number of carbonyl (C=O) groups is 1. The summed E-state index contributed by atoms with van der Waals surface area (Å²) in [5, 5.41) is 3.26. The summed E-state index contributed by atoms with van der Waals surface area (Å²) in [5.74, 6) is 0.360. The van der Waals surface area contributed by atoms with Crippen molar-refractivity contribution in [1.82, 2.24) is 0 Å². The van der Waals surface area contributed by atoms with Crippen molar-refractivity contribution in [3.05, 3.63) is 17.5 Å². The zero-order valence-electron chi connectivity index (χ0n) is 6.12. The molecule has 1 aliphatic rings. The molecule has 11 heavy (non-hydrogen) atoms. The summed E-state index contributed by atoms with van der Waals surface area (Å²) in [6.07, 6.45) is 0.720. The Morgan fingerprint density at radius 2 is 2.45 bits per heavy atom. The summed E-state index contributed by atoms with van der Waals surface area (Å²) in [5.41, 5.74) is 0. The Morgan fingerprint density at radius 3 is 3.00 bits per heavy atom. The van der Waals surface area contributed by atoms with Gasteiger partial charge in [0.25, 0.3) is 0 Å². The average Bonchev–Trinajstić information content (AvgIpc) is 2.55. The van der Waals surface area contributed by atoms with E-state index in [1.54, 1.807) is 11.3 Å². The fourth-order valence-corrected chi connectivity index (χ4v) is 2.03. The van der Waals surface area contributed by atoms with Crippen LogP contribution in [0.1, 0.15) is 6.42 Å². The molecule has 0 atom stereocenters. The van der Waals surface area contributed by atoms with Gasteiger partial charge in [0.05, 0.1) is 11.5 Å². The molecule has 1 aromatic heterocycles. The van der Waals surface area contributed by atoms with Gasteiger partial charge in [-0.25, -0.2) is 0 Å². The minimum Gasteiger partial charge on any atom is -0.356 e. The lowest BCUT2D eigenvalue weighted by Gasteiger charge is -2.12. The molecule has 0 spiro atoms. The maximum atomic E-state index is 10.9. The smallest absolute Gasteiger partial charge is 0.153 e. The lowest BCUT2D eigenvalue weighted by Crippen LogP contribution is -2.17. The topological polar surface area (TPSA) is 20.3 Å². The van der Waals surface area contributed by atoms with Crippen molar-refractivity contribution in [2.24, 2.45) is 0 Å². The van der Waals surface area contributed by atoms with E-state index in [4.69, 9.17) is 0 Å². The van der Waals surface area contributed by atoms with Crippen molar-refractivity contribution in [2.75, 3.05) is 18.0 Å². The van der Waals surface area contributed by atoms with E-state index < -0.39 is 0 Å². The van der Waals surface area contributed by atoms with Crippen LogP contribution in [0.25, 0.3) is 0 Å². The molecule has 0 radical (unpaired) electrons. The standard InChI is InChI=1S/C8H9NOS/c10-7-3-4-9(6-7)8-2-1-5-11-8/h1-2,5H,3-4,6H2. The molecule has 1 aliphatic heterocycles. The summed E-state index contributed by atoms with van der Waals surface area (Å²) >= 11 is 1.70. The van der Waals surface area contributed by atoms with Crippen LogP contribution in [-0.2, 0) is 4.79 Å². The molecule has 0 aromatic carbocycles. The van der Waals surface area contributed by atoms with Crippen LogP contribution in [0.3, 0.4) is 0 Å². The first kappa shape index (κ1) is 6.85. The van der Waals surface area contributed by atoms with Crippen molar-refractivity contribution in [3.8, 4) is 0 Å². The third-order valence-electron chi connectivity index (χ3n) is 1.85. The van der Waals surface area contributed by atoms with Gasteiger partial charge >= 0.3 is 0 Å². The van der Waals surface area contributed by atoms with Crippen molar-refractivity contribution >= 4 is 22.1 Å². The molecule has 2 heterocycles. The van der Waals surface area contributed by atoms with Gasteiger partial charge in [0.15, 0.2) is 5.78 Å². The zero-order chi connectivity index (χ0) is 7.68. The maximum Gasteiger partial charge on any atom is 0.153 e. The largest absolute Gasteiger partial charge is 0.356 e. The predicted octanol–water partition coefficient (Wildman–Crippen LogP) is 1.53. The van der Waals surface area contributed by atoms with Crippen molar-refractivity contribution in [2.45, 2.75) is 6.42 Å². The molecule has 1 saturated heterocycles. The summed E-state index contributed by atoms with van der Waals surface area (Å²) in [6.45, 7) is 1.51. The van der Waals surface area contributed by atoms with Gasteiger partial charge in [-0.2, -0.15) is 0 Å². The molecule has 0 amide bonds. The molecule has 1 fully saturated rings. The average molecular weight is 167 g/mol. The van der Waals surface area contributed by atoms with Crippen LogP contribution < -0.4 is 4.90 Å². The minimum absolute atomic E-state index is 0.360. The molecule has 3 heteroatoms. The molecule has 1 aromatic rings. The highest BCUT2D eigenvalue weighted by Crippen LogP contribution is 2.23. The van der Waals surface area contributed by atoms with Gasteiger partial charge in [0, 0.05) is 13.0 Å². The Kier molecular flexibility index (Phi) is 1.66. The van der Waals surface area contributed by atoms with Crippen LogP contribution in [0.4, 0.5) is 5.00 Å². The van der Waals surface area contributed by atoms with Gasteiger partial charge in [-0.15, -0.1) is 11.3 Å². The first-order chi connectivity index (χ1) is 5.36. The van der Waals surface area contributed by atoms with Gasteiger partial charge in [0.2, 0.25) is 0 Å².